The maximum absolute atomic E-state index is 9.64. The highest BCUT2D eigenvalue weighted by molar-refractivity contribution is 5.07. The summed E-state index contributed by atoms with van der Waals surface area (Å²) in [7, 11) is 0. The van der Waals surface area contributed by atoms with E-state index in [2.05, 4.69) is 15.7 Å². The van der Waals surface area contributed by atoms with Gasteiger partial charge in [-0.3, -0.25) is 0 Å². The largest absolute Gasteiger partial charge is 0.391 e. The van der Waals surface area contributed by atoms with Crippen molar-refractivity contribution in [2.45, 2.75) is 51.2 Å². The molecule has 2 aliphatic rings. The quantitative estimate of drug-likeness (QED) is 0.875. The van der Waals surface area contributed by atoms with Gasteiger partial charge in [0.05, 0.1) is 11.8 Å². The van der Waals surface area contributed by atoms with Crippen LogP contribution in [0.25, 0.3) is 0 Å². The van der Waals surface area contributed by atoms with Crippen molar-refractivity contribution in [2.75, 3.05) is 19.6 Å². The number of aliphatic hydroxyl groups excluding tert-OH is 1. The summed E-state index contributed by atoms with van der Waals surface area (Å²) < 4.78 is 2.14. The summed E-state index contributed by atoms with van der Waals surface area (Å²) in [5, 5.41) is 9.64. The first-order valence-electron chi connectivity index (χ1n) is 7.26. The van der Waals surface area contributed by atoms with E-state index in [0.717, 1.165) is 38.2 Å². The fourth-order valence-electron chi connectivity index (χ4n) is 3.06. The zero-order valence-corrected chi connectivity index (χ0v) is 11.0. The summed E-state index contributed by atoms with van der Waals surface area (Å²) in [5.41, 5.74) is 1.20. The standard InChI is InChI=1S/C14H23N3O/c18-13-4-5-14-15-12(10-17(14)11-13)6-9-16-7-2-1-3-8-16/h10,13,18H,1-9,11H2. The zero-order chi connectivity index (χ0) is 12.4. The van der Waals surface area contributed by atoms with Crippen molar-refractivity contribution in [1.29, 1.82) is 0 Å². The van der Waals surface area contributed by atoms with Crippen LogP contribution < -0.4 is 0 Å². The number of likely N-dealkylation sites (tertiary alicyclic amines) is 1. The predicted molar refractivity (Wildman–Crippen MR) is 70.5 cm³/mol. The van der Waals surface area contributed by atoms with Crippen LogP contribution in [0, 0.1) is 0 Å². The van der Waals surface area contributed by atoms with Crippen LogP contribution in [0.3, 0.4) is 0 Å². The molecule has 0 aromatic carbocycles. The third-order valence-electron chi connectivity index (χ3n) is 4.15. The van der Waals surface area contributed by atoms with Crippen molar-refractivity contribution < 1.29 is 5.11 Å². The van der Waals surface area contributed by atoms with E-state index in [4.69, 9.17) is 4.98 Å². The minimum absolute atomic E-state index is 0.179. The van der Waals surface area contributed by atoms with Crippen LogP contribution in [0.2, 0.25) is 0 Å². The second-order valence-corrected chi connectivity index (χ2v) is 5.65. The van der Waals surface area contributed by atoms with Gasteiger partial charge in [-0.1, -0.05) is 6.42 Å². The Morgan fingerprint density at radius 1 is 1.28 bits per heavy atom. The summed E-state index contributed by atoms with van der Waals surface area (Å²) in [4.78, 5) is 7.25. The highest BCUT2D eigenvalue weighted by Gasteiger charge is 2.18. The van der Waals surface area contributed by atoms with Gasteiger partial charge in [0.15, 0.2) is 0 Å². The van der Waals surface area contributed by atoms with E-state index >= 15 is 0 Å². The lowest BCUT2D eigenvalue weighted by molar-refractivity contribution is 0.130. The van der Waals surface area contributed by atoms with Crippen molar-refractivity contribution >= 4 is 0 Å². The number of hydrogen-bond acceptors (Lipinski definition) is 3. The predicted octanol–water partition coefficient (Wildman–Crippen LogP) is 1.22. The van der Waals surface area contributed by atoms with Gasteiger partial charge in [-0.25, -0.2) is 4.98 Å². The summed E-state index contributed by atoms with van der Waals surface area (Å²) in [6.07, 6.45) is 8.90. The first kappa shape index (κ1) is 12.2. The Balaban J connectivity index is 1.56. The second kappa shape index (κ2) is 5.41. The molecule has 0 amide bonds. The van der Waals surface area contributed by atoms with E-state index < -0.39 is 0 Å². The minimum Gasteiger partial charge on any atom is -0.391 e. The van der Waals surface area contributed by atoms with Gasteiger partial charge in [0.2, 0.25) is 0 Å². The van der Waals surface area contributed by atoms with Gasteiger partial charge in [0, 0.05) is 32.1 Å². The zero-order valence-electron chi connectivity index (χ0n) is 11.0. The Hall–Kier alpha value is -0.870. The number of fused-ring (bicyclic) bond motifs is 1. The molecular formula is C14H23N3O. The topological polar surface area (TPSA) is 41.3 Å². The molecule has 100 valence electrons. The van der Waals surface area contributed by atoms with E-state index in [0.29, 0.717) is 0 Å². The number of imidazole rings is 1. The van der Waals surface area contributed by atoms with Crippen molar-refractivity contribution in [1.82, 2.24) is 14.5 Å². The number of aryl methyl sites for hydroxylation is 1. The first-order chi connectivity index (χ1) is 8.81. The maximum atomic E-state index is 9.64. The second-order valence-electron chi connectivity index (χ2n) is 5.65. The summed E-state index contributed by atoms with van der Waals surface area (Å²) >= 11 is 0. The van der Waals surface area contributed by atoms with Crippen LogP contribution in [-0.4, -0.2) is 45.3 Å². The molecule has 4 nitrogen and oxygen atoms in total. The lowest BCUT2D eigenvalue weighted by Crippen LogP contribution is -2.31. The lowest BCUT2D eigenvalue weighted by atomic mass is 10.1. The SMILES string of the molecule is OC1CCc2nc(CCN3CCCCC3)cn2C1. The van der Waals surface area contributed by atoms with Gasteiger partial charge >= 0.3 is 0 Å². The molecule has 0 bridgehead atoms. The Morgan fingerprint density at radius 3 is 2.94 bits per heavy atom. The number of hydrogen-bond donors (Lipinski definition) is 1. The molecule has 0 radical (unpaired) electrons. The van der Waals surface area contributed by atoms with Crippen molar-refractivity contribution in [3.8, 4) is 0 Å². The van der Waals surface area contributed by atoms with Crippen LogP contribution in [-0.2, 0) is 19.4 Å². The Kier molecular flexibility index (Phi) is 3.66. The van der Waals surface area contributed by atoms with E-state index in [1.807, 2.05) is 0 Å². The monoisotopic (exact) mass is 249 g/mol. The minimum atomic E-state index is -0.179. The van der Waals surface area contributed by atoms with E-state index in [9.17, 15) is 5.11 Å². The molecule has 1 saturated heterocycles. The number of rotatable bonds is 3. The Bertz CT molecular complexity index is 396. The van der Waals surface area contributed by atoms with E-state index in [1.54, 1.807) is 0 Å². The molecule has 1 fully saturated rings. The first-order valence-corrected chi connectivity index (χ1v) is 7.26. The molecule has 0 spiro atoms. The highest BCUT2D eigenvalue weighted by Crippen LogP contribution is 2.16. The molecule has 0 aliphatic carbocycles. The molecule has 1 aromatic heterocycles. The summed E-state index contributed by atoms with van der Waals surface area (Å²) in [6, 6.07) is 0. The molecule has 3 rings (SSSR count). The molecule has 18 heavy (non-hydrogen) atoms. The third kappa shape index (κ3) is 2.75. The molecule has 0 saturated carbocycles. The summed E-state index contributed by atoms with van der Waals surface area (Å²) in [5.74, 6) is 1.16. The van der Waals surface area contributed by atoms with Gasteiger partial charge in [0.25, 0.3) is 0 Å². The van der Waals surface area contributed by atoms with Crippen LogP contribution >= 0.6 is 0 Å². The average Bonchev–Trinajstić information content (AvgIpc) is 2.79. The molecular weight excluding hydrogens is 226 g/mol. The van der Waals surface area contributed by atoms with Gasteiger partial charge in [-0.05, 0) is 32.4 Å². The summed E-state index contributed by atoms with van der Waals surface area (Å²) in [6.45, 7) is 4.38. The fourth-order valence-corrected chi connectivity index (χ4v) is 3.06. The number of piperidine rings is 1. The molecule has 4 heteroatoms. The van der Waals surface area contributed by atoms with Gasteiger partial charge in [-0.2, -0.15) is 0 Å². The normalized spacial score (nSPS) is 25.1. The molecule has 1 aromatic rings. The van der Waals surface area contributed by atoms with Crippen LogP contribution in [0.4, 0.5) is 0 Å². The number of aromatic nitrogens is 2. The van der Waals surface area contributed by atoms with E-state index in [-0.39, 0.29) is 6.10 Å². The average molecular weight is 249 g/mol. The third-order valence-corrected chi connectivity index (χ3v) is 4.15. The van der Waals surface area contributed by atoms with Crippen LogP contribution in [0.5, 0.6) is 0 Å². The molecule has 1 atom stereocenters. The van der Waals surface area contributed by atoms with Crippen molar-refractivity contribution in [3.63, 3.8) is 0 Å². The molecule has 1 N–H and O–H groups in total. The fraction of sp³-hybridized carbons (Fsp3) is 0.786. The van der Waals surface area contributed by atoms with Gasteiger partial charge in [0.1, 0.15) is 5.82 Å². The molecule has 1 unspecified atom stereocenters. The Morgan fingerprint density at radius 2 is 2.11 bits per heavy atom. The van der Waals surface area contributed by atoms with E-state index in [1.165, 1.54) is 38.0 Å². The van der Waals surface area contributed by atoms with Crippen molar-refractivity contribution in [3.05, 3.63) is 17.7 Å². The van der Waals surface area contributed by atoms with Crippen molar-refractivity contribution in [2.24, 2.45) is 0 Å². The Labute approximate surface area is 109 Å². The molecule has 2 aliphatic heterocycles. The van der Waals surface area contributed by atoms with Gasteiger partial charge in [-0.15, -0.1) is 0 Å². The number of nitrogens with zero attached hydrogens (tertiary/aromatic N) is 3. The smallest absolute Gasteiger partial charge is 0.109 e. The molecule has 3 heterocycles. The van der Waals surface area contributed by atoms with Crippen LogP contribution in [0.15, 0.2) is 6.20 Å². The lowest BCUT2D eigenvalue weighted by Gasteiger charge is -2.25. The highest BCUT2D eigenvalue weighted by atomic mass is 16.3. The van der Waals surface area contributed by atoms with Crippen LogP contribution in [0.1, 0.15) is 37.2 Å². The number of aliphatic hydroxyl groups is 1. The maximum Gasteiger partial charge on any atom is 0.109 e. The van der Waals surface area contributed by atoms with Gasteiger partial charge < -0.3 is 14.6 Å².